The van der Waals surface area contributed by atoms with E-state index in [9.17, 15) is 9.59 Å². The van der Waals surface area contributed by atoms with Crippen molar-refractivity contribution in [1.29, 1.82) is 0 Å². The Labute approximate surface area is 99.7 Å². The average molecular weight is 239 g/mol. The maximum atomic E-state index is 12.0. The van der Waals surface area contributed by atoms with Crippen molar-refractivity contribution >= 4 is 11.9 Å². The van der Waals surface area contributed by atoms with Crippen molar-refractivity contribution in [2.45, 2.75) is 20.3 Å². The summed E-state index contributed by atoms with van der Waals surface area (Å²) in [5.41, 5.74) is -0.200. The van der Waals surface area contributed by atoms with Crippen LogP contribution in [0.2, 0.25) is 0 Å². The van der Waals surface area contributed by atoms with E-state index >= 15 is 0 Å². The molecule has 1 atom stereocenters. The molecule has 0 aliphatic heterocycles. The lowest BCUT2D eigenvalue weighted by atomic mass is 10.1. The van der Waals surface area contributed by atoms with Crippen LogP contribution in [0.25, 0.3) is 0 Å². The molecule has 0 saturated carbocycles. The van der Waals surface area contributed by atoms with Gasteiger partial charge in [0.05, 0.1) is 6.33 Å². The van der Waals surface area contributed by atoms with Gasteiger partial charge in [-0.25, -0.2) is 9.78 Å². The van der Waals surface area contributed by atoms with Crippen molar-refractivity contribution in [2.24, 2.45) is 5.92 Å². The quantitative estimate of drug-likeness (QED) is 0.809. The van der Waals surface area contributed by atoms with Gasteiger partial charge in [0.25, 0.3) is 5.91 Å². The number of nitrogens with one attached hydrogen (secondary N) is 1. The molecule has 0 saturated heterocycles. The first-order chi connectivity index (χ1) is 7.97. The van der Waals surface area contributed by atoms with Gasteiger partial charge < -0.3 is 15.0 Å². The van der Waals surface area contributed by atoms with Gasteiger partial charge in [-0.1, -0.05) is 20.3 Å². The van der Waals surface area contributed by atoms with E-state index in [-0.39, 0.29) is 17.3 Å². The minimum atomic E-state index is -1.18. The van der Waals surface area contributed by atoms with E-state index in [1.54, 1.807) is 7.05 Å². The molecule has 0 spiro atoms. The van der Waals surface area contributed by atoms with Crippen molar-refractivity contribution in [3.63, 3.8) is 0 Å². The minimum Gasteiger partial charge on any atom is -0.477 e. The molecule has 1 heterocycles. The van der Waals surface area contributed by atoms with Gasteiger partial charge in [0.15, 0.2) is 11.4 Å². The van der Waals surface area contributed by atoms with Crippen LogP contribution in [-0.4, -0.2) is 45.4 Å². The number of rotatable bonds is 5. The number of carbonyl (C=O) groups excluding carboxylic acids is 1. The fourth-order valence-electron chi connectivity index (χ4n) is 1.48. The van der Waals surface area contributed by atoms with Crippen LogP contribution in [0.1, 0.15) is 41.2 Å². The smallest absolute Gasteiger partial charge is 0.354 e. The van der Waals surface area contributed by atoms with Crippen LogP contribution in [0.3, 0.4) is 0 Å². The van der Waals surface area contributed by atoms with Gasteiger partial charge in [0.2, 0.25) is 0 Å². The minimum absolute atomic E-state index is 0.0386. The maximum Gasteiger partial charge on any atom is 0.354 e. The number of hydrogen-bond donors (Lipinski definition) is 2. The summed E-state index contributed by atoms with van der Waals surface area (Å²) in [6, 6.07) is 0. The number of imidazole rings is 1. The van der Waals surface area contributed by atoms with E-state index in [2.05, 4.69) is 9.97 Å². The Bertz CT molecular complexity index is 414. The van der Waals surface area contributed by atoms with Crippen LogP contribution in [-0.2, 0) is 0 Å². The molecule has 6 heteroatoms. The largest absolute Gasteiger partial charge is 0.477 e. The molecular formula is C11H17N3O3. The number of aromatic carboxylic acids is 1. The molecule has 2 N–H and O–H groups in total. The Morgan fingerprint density at radius 3 is 2.76 bits per heavy atom. The topological polar surface area (TPSA) is 86.3 Å². The van der Waals surface area contributed by atoms with Gasteiger partial charge in [-0.15, -0.1) is 0 Å². The predicted molar refractivity (Wildman–Crippen MR) is 62.0 cm³/mol. The Morgan fingerprint density at radius 1 is 1.59 bits per heavy atom. The summed E-state index contributed by atoms with van der Waals surface area (Å²) >= 11 is 0. The molecule has 94 valence electrons. The first-order valence-corrected chi connectivity index (χ1v) is 5.49. The number of H-pyrrole nitrogens is 1. The lowest BCUT2D eigenvalue weighted by Gasteiger charge is -2.19. The molecule has 17 heavy (non-hydrogen) atoms. The third-order valence-corrected chi connectivity index (χ3v) is 2.68. The number of nitrogens with zero attached hydrogens (tertiary/aromatic N) is 2. The van der Waals surface area contributed by atoms with Gasteiger partial charge in [0, 0.05) is 13.6 Å². The first kappa shape index (κ1) is 13.2. The highest BCUT2D eigenvalue weighted by Crippen LogP contribution is 2.09. The van der Waals surface area contributed by atoms with Gasteiger partial charge in [-0.2, -0.15) is 0 Å². The van der Waals surface area contributed by atoms with Crippen LogP contribution < -0.4 is 0 Å². The number of carbonyl (C=O) groups is 2. The third kappa shape index (κ3) is 3.05. The molecule has 0 radical (unpaired) electrons. The van der Waals surface area contributed by atoms with Gasteiger partial charge >= 0.3 is 5.97 Å². The second-order valence-electron chi connectivity index (χ2n) is 4.13. The molecule has 1 amide bonds. The van der Waals surface area contributed by atoms with Gasteiger partial charge in [-0.3, -0.25) is 4.79 Å². The van der Waals surface area contributed by atoms with Crippen molar-refractivity contribution < 1.29 is 14.7 Å². The predicted octanol–water partition coefficient (Wildman–Crippen LogP) is 1.23. The molecule has 1 rings (SSSR count). The summed E-state index contributed by atoms with van der Waals surface area (Å²) in [5, 5.41) is 8.87. The van der Waals surface area contributed by atoms with Crippen LogP contribution >= 0.6 is 0 Å². The van der Waals surface area contributed by atoms with E-state index < -0.39 is 5.97 Å². The third-order valence-electron chi connectivity index (χ3n) is 2.68. The summed E-state index contributed by atoms with van der Waals surface area (Å²) < 4.78 is 0. The zero-order valence-corrected chi connectivity index (χ0v) is 10.2. The highest BCUT2D eigenvalue weighted by molar-refractivity contribution is 6.02. The second kappa shape index (κ2) is 5.47. The fourth-order valence-corrected chi connectivity index (χ4v) is 1.48. The monoisotopic (exact) mass is 239 g/mol. The molecule has 1 aromatic heterocycles. The van der Waals surface area contributed by atoms with Crippen molar-refractivity contribution in [2.75, 3.05) is 13.6 Å². The Morgan fingerprint density at radius 2 is 2.24 bits per heavy atom. The van der Waals surface area contributed by atoms with Crippen LogP contribution in [0.15, 0.2) is 6.33 Å². The number of carboxylic acid groups (broad SMARTS) is 1. The molecule has 0 aliphatic rings. The molecule has 1 aromatic rings. The molecule has 0 aliphatic carbocycles. The molecule has 6 nitrogen and oxygen atoms in total. The molecule has 0 aromatic carbocycles. The van der Waals surface area contributed by atoms with Crippen molar-refractivity contribution in [3.05, 3.63) is 17.7 Å². The van der Waals surface area contributed by atoms with Crippen molar-refractivity contribution in [1.82, 2.24) is 14.9 Å². The summed E-state index contributed by atoms with van der Waals surface area (Å²) in [4.78, 5) is 30.5. The van der Waals surface area contributed by atoms with E-state index in [1.165, 1.54) is 11.2 Å². The summed E-state index contributed by atoms with van der Waals surface area (Å²) in [5.74, 6) is -1.18. The standard InChI is InChI=1S/C11H17N3O3/c1-4-7(2)5-14(3)10(15)8-9(11(16)17)13-6-12-8/h6-7H,4-5H2,1-3H3,(H,12,13)(H,16,17). The number of hydrogen-bond acceptors (Lipinski definition) is 3. The molecule has 1 unspecified atom stereocenters. The molecule has 0 fully saturated rings. The van der Waals surface area contributed by atoms with Crippen LogP contribution in [0.4, 0.5) is 0 Å². The molecular weight excluding hydrogens is 222 g/mol. The van der Waals surface area contributed by atoms with Crippen molar-refractivity contribution in [3.8, 4) is 0 Å². The SMILES string of the molecule is CCC(C)CN(C)C(=O)c1nc[nH]c1C(=O)O. The second-order valence-corrected chi connectivity index (χ2v) is 4.13. The summed E-state index contributed by atoms with van der Waals surface area (Å²) in [6.45, 7) is 4.66. The highest BCUT2D eigenvalue weighted by atomic mass is 16.4. The zero-order chi connectivity index (χ0) is 13.0. The summed E-state index contributed by atoms with van der Waals surface area (Å²) in [6.07, 6.45) is 2.18. The number of aromatic amines is 1. The van der Waals surface area contributed by atoms with E-state index in [0.717, 1.165) is 6.42 Å². The van der Waals surface area contributed by atoms with Gasteiger partial charge in [-0.05, 0) is 5.92 Å². The average Bonchev–Trinajstić information content (AvgIpc) is 2.76. The Kier molecular flexibility index (Phi) is 4.25. The number of amides is 1. The number of carboxylic acids is 1. The van der Waals surface area contributed by atoms with Crippen LogP contribution in [0.5, 0.6) is 0 Å². The van der Waals surface area contributed by atoms with E-state index in [1.807, 2.05) is 13.8 Å². The lowest BCUT2D eigenvalue weighted by Crippen LogP contribution is -2.32. The lowest BCUT2D eigenvalue weighted by molar-refractivity contribution is 0.0672. The first-order valence-electron chi connectivity index (χ1n) is 5.49. The summed E-state index contributed by atoms with van der Waals surface area (Å²) in [7, 11) is 1.65. The number of aromatic nitrogens is 2. The Hall–Kier alpha value is -1.85. The van der Waals surface area contributed by atoms with E-state index in [4.69, 9.17) is 5.11 Å². The normalized spacial score (nSPS) is 12.2. The highest BCUT2D eigenvalue weighted by Gasteiger charge is 2.23. The zero-order valence-electron chi connectivity index (χ0n) is 10.2. The van der Waals surface area contributed by atoms with Gasteiger partial charge in [0.1, 0.15) is 0 Å². The molecule has 0 bridgehead atoms. The van der Waals surface area contributed by atoms with Crippen LogP contribution in [0, 0.1) is 5.92 Å². The Balaban J connectivity index is 2.82. The van der Waals surface area contributed by atoms with E-state index in [0.29, 0.717) is 12.5 Å². The maximum absolute atomic E-state index is 12.0. The fraction of sp³-hybridized carbons (Fsp3) is 0.545.